The molecule has 0 aromatic heterocycles. The number of likely N-dealkylation sites (tertiary alicyclic amines) is 2. The van der Waals surface area contributed by atoms with Gasteiger partial charge >= 0.3 is 11.9 Å². The molecule has 7 nitrogen and oxygen atoms in total. The number of carbonyl (C=O) groups excluding carboxylic acids is 1. The van der Waals surface area contributed by atoms with Crippen LogP contribution in [0.4, 0.5) is 0 Å². The Morgan fingerprint density at radius 2 is 1.48 bits per heavy atom. The van der Waals surface area contributed by atoms with Crippen LogP contribution in [0.3, 0.4) is 0 Å². The summed E-state index contributed by atoms with van der Waals surface area (Å²) in [5.41, 5.74) is 1.42. The molecule has 0 bridgehead atoms. The predicted molar refractivity (Wildman–Crippen MR) is 110 cm³/mol. The van der Waals surface area contributed by atoms with E-state index in [0.717, 1.165) is 45.6 Å². The zero-order valence-corrected chi connectivity index (χ0v) is 17.1. The molecule has 1 aromatic rings. The van der Waals surface area contributed by atoms with E-state index in [0.29, 0.717) is 11.8 Å². The second-order valence-corrected chi connectivity index (χ2v) is 7.88. The number of hydrogen-bond acceptors (Lipinski definition) is 4. The van der Waals surface area contributed by atoms with Gasteiger partial charge < -0.3 is 20.0 Å². The Bertz CT molecular complexity index is 653. The quantitative estimate of drug-likeness (QED) is 0.749. The maximum absolute atomic E-state index is 12.6. The highest BCUT2D eigenvalue weighted by molar-refractivity contribution is 6.27. The van der Waals surface area contributed by atoms with E-state index in [2.05, 4.69) is 47.1 Å². The molecule has 2 fully saturated rings. The first-order valence-electron chi connectivity index (χ1n) is 10.4. The fourth-order valence-electron chi connectivity index (χ4n) is 4.01. The number of carboxylic acid groups (broad SMARTS) is 2. The Morgan fingerprint density at radius 3 is 2.00 bits per heavy atom. The summed E-state index contributed by atoms with van der Waals surface area (Å²) in [5.74, 6) is -2.38. The average molecular weight is 405 g/mol. The summed E-state index contributed by atoms with van der Waals surface area (Å²) in [5, 5.41) is 14.8. The maximum atomic E-state index is 12.6. The number of aliphatic carboxylic acids is 2. The van der Waals surface area contributed by atoms with Gasteiger partial charge in [-0.2, -0.15) is 0 Å². The van der Waals surface area contributed by atoms with Crippen LogP contribution >= 0.6 is 0 Å². The van der Waals surface area contributed by atoms with Crippen molar-refractivity contribution in [3.8, 4) is 0 Å². The van der Waals surface area contributed by atoms with E-state index < -0.39 is 11.9 Å². The molecule has 2 aliphatic rings. The van der Waals surface area contributed by atoms with Gasteiger partial charge in [0.05, 0.1) is 0 Å². The molecule has 2 aliphatic heterocycles. The molecule has 0 aliphatic carbocycles. The highest BCUT2D eigenvalue weighted by atomic mass is 16.4. The third kappa shape index (κ3) is 7.49. The van der Waals surface area contributed by atoms with E-state index >= 15 is 0 Å². The number of piperidine rings is 2. The van der Waals surface area contributed by atoms with Crippen LogP contribution in [0.5, 0.6) is 0 Å². The van der Waals surface area contributed by atoms with Crippen LogP contribution in [0, 0.1) is 5.92 Å². The fraction of sp³-hybridized carbons (Fsp3) is 0.591. The third-order valence-electron chi connectivity index (χ3n) is 5.69. The zero-order valence-electron chi connectivity index (χ0n) is 17.1. The van der Waals surface area contributed by atoms with Gasteiger partial charge in [-0.1, -0.05) is 37.3 Å². The van der Waals surface area contributed by atoms with Crippen LogP contribution in [0.15, 0.2) is 30.3 Å². The van der Waals surface area contributed by atoms with E-state index in [1.54, 1.807) is 0 Å². The lowest BCUT2D eigenvalue weighted by atomic mass is 9.93. The predicted octanol–water partition coefficient (Wildman–Crippen LogP) is 2.67. The molecule has 0 spiro atoms. The monoisotopic (exact) mass is 404 g/mol. The molecule has 1 atom stereocenters. The number of amides is 1. The van der Waals surface area contributed by atoms with E-state index in [1.165, 1.54) is 24.8 Å². The smallest absolute Gasteiger partial charge is 0.414 e. The standard InChI is InChI=1S/C20H30N2O.C2H2O4/c1-17(18-8-4-2-5-9-18)16-21-14-10-19(11-15-21)20(23)22-12-6-3-7-13-22;3-1(4)2(5)6/h2,4-5,8-9,17,19H,3,6-7,10-16H2,1H3;(H,3,4)(H,5,6). The minimum atomic E-state index is -1.82. The first-order valence-corrected chi connectivity index (χ1v) is 10.4. The van der Waals surface area contributed by atoms with Crippen molar-refractivity contribution >= 4 is 17.8 Å². The Balaban J connectivity index is 0.000000438. The average Bonchev–Trinajstić information content (AvgIpc) is 2.75. The number of carbonyl (C=O) groups is 3. The Morgan fingerprint density at radius 1 is 0.931 bits per heavy atom. The molecule has 0 radical (unpaired) electrons. The van der Waals surface area contributed by atoms with E-state index in [1.807, 2.05) is 0 Å². The molecular weight excluding hydrogens is 372 g/mol. The van der Waals surface area contributed by atoms with E-state index in [9.17, 15) is 4.79 Å². The lowest BCUT2D eigenvalue weighted by Crippen LogP contribution is -2.44. The molecule has 1 aromatic carbocycles. The van der Waals surface area contributed by atoms with Gasteiger partial charge in [-0.05, 0) is 56.7 Å². The fourth-order valence-corrected chi connectivity index (χ4v) is 4.01. The van der Waals surface area contributed by atoms with Gasteiger partial charge in [0.15, 0.2) is 0 Å². The van der Waals surface area contributed by atoms with Gasteiger partial charge in [-0.3, -0.25) is 4.79 Å². The third-order valence-corrected chi connectivity index (χ3v) is 5.69. The minimum absolute atomic E-state index is 0.274. The summed E-state index contributed by atoms with van der Waals surface area (Å²) in [6.07, 6.45) is 5.76. The van der Waals surface area contributed by atoms with Gasteiger partial charge in [0.25, 0.3) is 0 Å². The molecule has 2 saturated heterocycles. The Hall–Kier alpha value is -2.41. The van der Waals surface area contributed by atoms with Gasteiger partial charge in [0.2, 0.25) is 5.91 Å². The second-order valence-electron chi connectivity index (χ2n) is 7.88. The van der Waals surface area contributed by atoms with E-state index in [4.69, 9.17) is 19.8 Å². The lowest BCUT2D eigenvalue weighted by molar-refractivity contribution is -0.159. The summed E-state index contributed by atoms with van der Waals surface area (Å²) in [4.78, 5) is 35.5. The normalized spacial score (nSPS) is 19.0. The zero-order chi connectivity index (χ0) is 21.2. The van der Waals surface area contributed by atoms with Crippen LogP contribution in [-0.4, -0.2) is 70.6 Å². The molecule has 160 valence electrons. The lowest BCUT2D eigenvalue weighted by Gasteiger charge is -2.36. The molecule has 2 heterocycles. The van der Waals surface area contributed by atoms with Crippen molar-refractivity contribution in [2.75, 3.05) is 32.7 Å². The van der Waals surface area contributed by atoms with Crippen molar-refractivity contribution in [2.45, 2.75) is 44.9 Å². The summed E-state index contributed by atoms with van der Waals surface area (Å²) < 4.78 is 0. The molecule has 3 rings (SSSR count). The highest BCUT2D eigenvalue weighted by Crippen LogP contribution is 2.24. The van der Waals surface area contributed by atoms with Crippen LogP contribution in [0.1, 0.15) is 50.5 Å². The Kier molecular flexibility index (Phi) is 9.12. The topological polar surface area (TPSA) is 98.2 Å². The summed E-state index contributed by atoms with van der Waals surface area (Å²) >= 11 is 0. The van der Waals surface area contributed by atoms with Gasteiger partial charge in [0, 0.05) is 25.6 Å². The molecule has 2 N–H and O–H groups in total. The van der Waals surface area contributed by atoms with Crippen molar-refractivity contribution in [3.63, 3.8) is 0 Å². The summed E-state index contributed by atoms with van der Waals surface area (Å²) in [7, 11) is 0. The van der Waals surface area contributed by atoms with Crippen LogP contribution in [0.25, 0.3) is 0 Å². The largest absolute Gasteiger partial charge is 0.473 e. The highest BCUT2D eigenvalue weighted by Gasteiger charge is 2.29. The number of hydrogen-bond donors (Lipinski definition) is 2. The SMILES string of the molecule is CC(CN1CCC(C(=O)N2CCCCC2)CC1)c1ccccc1.O=C(O)C(=O)O. The first-order chi connectivity index (χ1) is 13.9. The summed E-state index contributed by atoms with van der Waals surface area (Å²) in [6.45, 7) is 7.53. The van der Waals surface area contributed by atoms with Crippen LogP contribution in [-0.2, 0) is 14.4 Å². The van der Waals surface area contributed by atoms with Crippen LogP contribution in [0.2, 0.25) is 0 Å². The van der Waals surface area contributed by atoms with Crippen molar-refractivity contribution in [2.24, 2.45) is 5.92 Å². The number of rotatable bonds is 4. The molecule has 29 heavy (non-hydrogen) atoms. The molecule has 1 amide bonds. The molecule has 1 unspecified atom stereocenters. The van der Waals surface area contributed by atoms with Crippen molar-refractivity contribution in [1.82, 2.24) is 9.80 Å². The number of benzene rings is 1. The van der Waals surface area contributed by atoms with Gasteiger partial charge in [-0.15, -0.1) is 0 Å². The molecule has 0 saturated carbocycles. The molecular formula is C22H32N2O5. The Labute approximate surface area is 172 Å². The second kappa shape index (κ2) is 11.6. The van der Waals surface area contributed by atoms with Gasteiger partial charge in [-0.25, -0.2) is 9.59 Å². The van der Waals surface area contributed by atoms with Crippen molar-refractivity contribution in [3.05, 3.63) is 35.9 Å². The first kappa shape index (κ1) is 22.9. The van der Waals surface area contributed by atoms with Crippen molar-refractivity contribution < 1.29 is 24.6 Å². The maximum Gasteiger partial charge on any atom is 0.414 e. The minimum Gasteiger partial charge on any atom is -0.473 e. The van der Waals surface area contributed by atoms with E-state index in [-0.39, 0.29) is 5.92 Å². The molecule has 7 heteroatoms. The summed E-state index contributed by atoms with van der Waals surface area (Å²) in [6, 6.07) is 10.8. The van der Waals surface area contributed by atoms with Crippen molar-refractivity contribution in [1.29, 1.82) is 0 Å². The van der Waals surface area contributed by atoms with Gasteiger partial charge in [0.1, 0.15) is 0 Å². The van der Waals surface area contributed by atoms with Crippen LogP contribution < -0.4 is 0 Å². The number of nitrogens with zero attached hydrogens (tertiary/aromatic N) is 2. The number of carboxylic acids is 2.